The number of nitrogens with zero attached hydrogens (tertiary/aromatic N) is 2. The molecule has 4 heteroatoms. The van der Waals surface area contributed by atoms with Gasteiger partial charge in [0.2, 0.25) is 0 Å². The molecule has 2 N–H and O–H groups in total. The highest BCUT2D eigenvalue weighted by Gasteiger charge is 2.15. The molecule has 0 atom stereocenters. The van der Waals surface area contributed by atoms with Crippen molar-refractivity contribution in [2.24, 2.45) is 0 Å². The summed E-state index contributed by atoms with van der Waals surface area (Å²) >= 11 is 0. The number of hydrogen-bond donors (Lipinski definition) is 1. The second-order valence-corrected chi connectivity index (χ2v) is 4.91. The third-order valence-electron chi connectivity index (χ3n) is 3.53. The summed E-state index contributed by atoms with van der Waals surface area (Å²) in [5.74, 6) is 0.820. The van der Waals surface area contributed by atoms with Gasteiger partial charge in [0, 0.05) is 17.5 Å². The van der Waals surface area contributed by atoms with Crippen molar-refractivity contribution in [2.45, 2.75) is 13.8 Å². The summed E-state index contributed by atoms with van der Waals surface area (Å²) in [7, 11) is 1.67. The van der Waals surface area contributed by atoms with E-state index in [1.54, 1.807) is 7.11 Å². The lowest BCUT2D eigenvalue weighted by Crippen LogP contribution is -1.92. The summed E-state index contributed by atoms with van der Waals surface area (Å²) in [5, 5.41) is 0. The maximum absolute atomic E-state index is 6.00. The number of ether oxygens (including phenoxy) is 1. The molecule has 0 saturated heterocycles. The molecule has 0 radical (unpaired) electrons. The SMILES string of the molecule is COc1ccc(C)cc1-c1nc2c(N)cccn2c1C. The van der Waals surface area contributed by atoms with Crippen LogP contribution in [-0.4, -0.2) is 16.5 Å². The van der Waals surface area contributed by atoms with E-state index in [1.165, 1.54) is 5.56 Å². The molecule has 0 spiro atoms. The molecule has 102 valence electrons. The Morgan fingerprint density at radius 1 is 1.20 bits per heavy atom. The van der Waals surface area contributed by atoms with Crippen molar-refractivity contribution >= 4 is 11.3 Å². The van der Waals surface area contributed by atoms with Crippen molar-refractivity contribution in [2.75, 3.05) is 12.8 Å². The molecule has 0 fully saturated rings. The highest BCUT2D eigenvalue weighted by atomic mass is 16.5. The monoisotopic (exact) mass is 267 g/mol. The number of rotatable bonds is 2. The van der Waals surface area contributed by atoms with E-state index in [9.17, 15) is 0 Å². The van der Waals surface area contributed by atoms with Crippen molar-refractivity contribution in [1.29, 1.82) is 0 Å². The first kappa shape index (κ1) is 12.5. The summed E-state index contributed by atoms with van der Waals surface area (Å²) in [5.41, 5.74) is 11.6. The van der Waals surface area contributed by atoms with Gasteiger partial charge in [0.15, 0.2) is 5.65 Å². The lowest BCUT2D eigenvalue weighted by atomic mass is 10.1. The molecule has 3 rings (SSSR count). The molecule has 0 aliphatic heterocycles. The molecule has 0 unspecified atom stereocenters. The van der Waals surface area contributed by atoms with Crippen LogP contribution in [0, 0.1) is 13.8 Å². The molecule has 0 amide bonds. The fourth-order valence-corrected chi connectivity index (χ4v) is 2.47. The van der Waals surface area contributed by atoms with Gasteiger partial charge in [0.1, 0.15) is 5.75 Å². The molecular weight excluding hydrogens is 250 g/mol. The molecule has 0 aliphatic rings. The Hall–Kier alpha value is -2.49. The fraction of sp³-hybridized carbons (Fsp3) is 0.188. The number of methoxy groups -OCH3 is 1. The molecule has 0 aliphatic carbocycles. The van der Waals surface area contributed by atoms with E-state index in [2.05, 4.69) is 18.0 Å². The number of aromatic nitrogens is 2. The Bertz CT molecular complexity index is 790. The molecule has 0 saturated carbocycles. The molecule has 1 aromatic carbocycles. The van der Waals surface area contributed by atoms with Crippen LogP contribution in [0.2, 0.25) is 0 Å². The van der Waals surface area contributed by atoms with Crippen LogP contribution in [0.3, 0.4) is 0 Å². The van der Waals surface area contributed by atoms with E-state index < -0.39 is 0 Å². The number of nitrogen functional groups attached to an aromatic ring is 1. The van der Waals surface area contributed by atoms with Crippen molar-refractivity contribution in [3.8, 4) is 17.0 Å². The summed E-state index contributed by atoms with van der Waals surface area (Å²) < 4.78 is 7.46. The Morgan fingerprint density at radius 2 is 2.00 bits per heavy atom. The molecule has 2 aromatic heterocycles. The summed E-state index contributed by atoms with van der Waals surface area (Å²) in [6, 6.07) is 9.87. The Morgan fingerprint density at radius 3 is 2.70 bits per heavy atom. The van der Waals surface area contributed by atoms with Gasteiger partial charge < -0.3 is 14.9 Å². The number of anilines is 1. The third-order valence-corrected chi connectivity index (χ3v) is 3.53. The van der Waals surface area contributed by atoms with Gasteiger partial charge in [0.05, 0.1) is 18.5 Å². The van der Waals surface area contributed by atoms with Crippen LogP contribution in [-0.2, 0) is 0 Å². The molecule has 4 nitrogen and oxygen atoms in total. The summed E-state index contributed by atoms with van der Waals surface area (Å²) in [6.07, 6.45) is 1.97. The lowest BCUT2D eigenvalue weighted by molar-refractivity contribution is 0.416. The van der Waals surface area contributed by atoms with Gasteiger partial charge in [0.25, 0.3) is 0 Å². The third kappa shape index (κ3) is 1.81. The van der Waals surface area contributed by atoms with Crippen LogP contribution >= 0.6 is 0 Å². The smallest absolute Gasteiger partial charge is 0.160 e. The minimum absolute atomic E-state index is 0.675. The van der Waals surface area contributed by atoms with E-state index in [4.69, 9.17) is 10.5 Å². The van der Waals surface area contributed by atoms with Crippen LogP contribution in [0.1, 0.15) is 11.3 Å². The van der Waals surface area contributed by atoms with Gasteiger partial charge in [-0.2, -0.15) is 0 Å². The molecule has 20 heavy (non-hydrogen) atoms. The highest BCUT2D eigenvalue weighted by Crippen LogP contribution is 2.33. The normalized spacial score (nSPS) is 10.9. The van der Waals surface area contributed by atoms with Crippen LogP contribution in [0.25, 0.3) is 16.9 Å². The molecule has 2 heterocycles. The van der Waals surface area contributed by atoms with Crippen molar-refractivity contribution in [1.82, 2.24) is 9.38 Å². The van der Waals surface area contributed by atoms with Crippen LogP contribution in [0.4, 0.5) is 5.69 Å². The van der Waals surface area contributed by atoms with Crippen molar-refractivity contribution < 1.29 is 4.74 Å². The standard InChI is InChI=1S/C16H17N3O/c1-10-6-7-14(20-3)12(9-10)15-11(2)19-8-4-5-13(17)16(19)18-15/h4-9H,17H2,1-3H3. The number of fused-ring (bicyclic) bond motifs is 1. The lowest BCUT2D eigenvalue weighted by Gasteiger charge is -2.08. The average Bonchev–Trinajstić information content (AvgIpc) is 2.78. The predicted octanol–water partition coefficient (Wildman–Crippen LogP) is 3.21. The molecular formula is C16H17N3O. The van der Waals surface area contributed by atoms with Crippen molar-refractivity contribution in [3.63, 3.8) is 0 Å². The minimum atomic E-state index is 0.675. The van der Waals surface area contributed by atoms with E-state index >= 15 is 0 Å². The van der Waals surface area contributed by atoms with Crippen LogP contribution in [0.5, 0.6) is 5.75 Å². The summed E-state index contributed by atoms with van der Waals surface area (Å²) in [4.78, 5) is 4.69. The topological polar surface area (TPSA) is 52.5 Å². The largest absolute Gasteiger partial charge is 0.496 e. The molecule has 3 aromatic rings. The van der Waals surface area contributed by atoms with E-state index in [0.29, 0.717) is 5.69 Å². The van der Waals surface area contributed by atoms with Gasteiger partial charge in [-0.1, -0.05) is 11.6 Å². The van der Waals surface area contributed by atoms with Crippen LogP contribution < -0.4 is 10.5 Å². The van der Waals surface area contributed by atoms with Crippen LogP contribution in [0.15, 0.2) is 36.5 Å². The number of aryl methyl sites for hydroxylation is 2. The minimum Gasteiger partial charge on any atom is -0.496 e. The van der Waals surface area contributed by atoms with Gasteiger partial charge >= 0.3 is 0 Å². The van der Waals surface area contributed by atoms with Crippen molar-refractivity contribution in [3.05, 3.63) is 47.8 Å². The number of imidazole rings is 1. The number of benzene rings is 1. The first-order chi connectivity index (χ1) is 9.61. The maximum Gasteiger partial charge on any atom is 0.160 e. The maximum atomic E-state index is 6.00. The van der Waals surface area contributed by atoms with Gasteiger partial charge in [-0.25, -0.2) is 4.98 Å². The number of hydrogen-bond acceptors (Lipinski definition) is 3. The van der Waals surface area contributed by atoms with Gasteiger partial charge in [-0.3, -0.25) is 0 Å². The highest BCUT2D eigenvalue weighted by molar-refractivity contribution is 5.76. The number of pyridine rings is 1. The number of nitrogens with two attached hydrogens (primary N) is 1. The Kier molecular flexibility index (Phi) is 2.86. The predicted molar refractivity (Wildman–Crippen MR) is 81.1 cm³/mol. The zero-order valence-corrected chi connectivity index (χ0v) is 11.8. The van der Waals surface area contributed by atoms with E-state index in [1.807, 2.05) is 41.8 Å². The average molecular weight is 267 g/mol. The fourth-order valence-electron chi connectivity index (χ4n) is 2.47. The second-order valence-electron chi connectivity index (χ2n) is 4.91. The van der Waals surface area contributed by atoms with Gasteiger partial charge in [-0.15, -0.1) is 0 Å². The second kappa shape index (κ2) is 4.56. The zero-order chi connectivity index (χ0) is 14.3. The van der Waals surface area contributed by atoms with E-state index in [-0.39, 0.29) is 0 Å². The Balaban J connectivity index is 2.33. The first-order valence-electron chi connectivity index (χ1n) is 6.50. The Labute approximate surface area is 117 Å². The quantitative estimate of drug-likeness (QED) is 0.775. The summed E-state index contributed by atoms with van der Waals surface area (Å²) in [6.45, 7) is 4.10. The zero-order valence-electron chi connectivity index (χ0n) is 11.8. The first-order valence-corrected chi connectivity index (χ1v) is 6.50. The molecule has 0 bridgehead atoms. The van der Waals surface area contributed by atoms with E-state index in [0.717, 1.165) is 28.3 Å². The van der Waals surface area contributed by atoms with Gasteiger partial charge in [-0.05, 0) is 38.1 Å².